The van der Waals surface area contributed by atoms with Gasteiger partial charge in [0.15, 0.2) is 5.96 Å². The van der Waals surface area contributed by atoms with Crippen LogP contribution in [0.1, 0.15) is 26.7 Å². The maximum absolute atomic E-state index is 5.49. The summed E-state index contributed by atoms with van der Waals surface area (Å²) in [4.78, 5) is 4.39. The van der Waals surface area contributed by atoms with Crippen LogP contribution in [0.5, 0.6) is 0 Å². The largest absolute Gasteiger partial charge is 0.378 e. The van der Waals surface area contributed by atoms with E-state index in [9.17, 15) is 0 Å². The molecule has 0 aromatic carbocycles. The monoisotopic (exact) mass is 197 g/mol. The summed E-state index contributed by atoms with van der Waals surface area (Å²) in [7, 11) is 0. The third-order valence-corrected chi connectivity index (χ3v) is 2.73. The maximum Gasteiger partial charge on any atom is 0.191 e. The number of ether oxygens (including phenoxy) is 1. The van der Waals surface area contributed by atoms with Crippen molar-refractivity contribution in [2.24, 2.45) is 4.99 Å². The van der Waals surface area contributed by atoms with Gasteiger partial charge in [0.05, 0.1) is 12.6 Å². The zero-order valence-corrected chi connectivity index (χ0v) is 8.92. The molecule has 0 aromatic heterocycles. The van der Waals surface area contributed by atoms with E-state index in [0.717, 1.165) is 32.0 Å². The van der Waals surface area contributed by atoms with Crippen molar-refractivity contribution in [1.29, 1.82) is 0 Å². The molecule has 0 bridgehead atoms. The molecular weight excluding hydrogens is 178 g/mol. The molecule has 0 radical (unpaired) electrons. The quantitative estimate of drug-likeness (QED) is 0.643. The van der Waals surface area contributed by atoms with Crippen LogP contribution >= 0.6 is 0 Å². The van der Waals surface area contributed by atoms with Gasteiger partial charge in [-0.3, -0.25) is 4.99 Å². The molecule has 1 fully saturated rings. The van der Waals surface area contributed by atoms with Gasteiger partial charge in [0.25, 0.3) is 0 Å². The van der Waals surface area contributed by atoms with E-state index in [1.165, 1.54) is 0 Å². The van der Waals surface area contributed by atoms with Gasteiger partial charge < -0.3 is 15.4 Å². The first kappa shape index (κ1) is 9.77. The minimum Gasteiger partial charge on any atom is -0.378 e. The van der Waals surface area contributed by atoms with Gasteiger partial charge in [0.2, 0.25) is 0 Å². The first-order valence-electron chi connectivity index (χ1n) is 5.43. The van der Waals surface area contributed by atoms with E-state index in [2.05, 4.69) is 29.5 Å². The summed E-state index contributed by atoms with van der Waals surface area (Å²) in [6.45, 7) is 6.02. The Morgan fingerprint density at radius 3 is 3.00 bits per heavy atom. The summed E-state index contributed by atoms with van der Waals surface area (Å²) in [5.41, 5.74) is 0. The third-order valence-electron chi connectivity index (χ3n) is 2.73. The van der Waals surface area contributed by atoms with E-state index in [1.807, 2.05) is 0 Å². The molecule has 2 aliphatic rings. The molecule has 0 aliphatic carbocycles. The van der Waals surface area contributed by atoms with Gasteiger partial charge in [-0.1, -0.05) is 0 Å². The Morgan fingerprint density at radius 2 is 2.36 bits per heavy atom. The van der Waals surface area contributed by atoms with Gasteiger partial charge >= 0.3 is 0 Å². The highest BCUT2D eigenvalue weighted by Crippen LogP contribution is 2.13. The van der Waals surface area contributed by atoms with Crippen LogP contribution in [0.4, 0.5) is 0 Å². The molecule has 2 heterocycles. The summed E-state index contributed by atoms with van der Waals surface area (Å²) < 4.78 is 5.49. The second kappa shape index (κ2) is 4.17. The van der Waals surface area contributed by atoms with Crippen molar-refractivity contribution in [3.63, 3.8) is 0 Å². The van der Waals surface area contributed by atoms with Crippen LogP contribution in [0.25, 0.3) is 0 Å². The molecule has 2 rings (SSSR count). The lowest BCUT2D eigenvalue weighted by atomic mass is 10.0. The SMILES string of the molecule is CC1CN=C(NC2CCOC(C)C2)N1. The first-order chi connectivity index (χ1) is 6.74. The molecule has 0 saturated carbocycles. The molecule has 4 heteroatoms. The first-order valence-corrected chi connectivity index (χ1v) is 5.43. The molecule has 2 aliphatic heterocycles. The van der Waals surface area contributed by atoms with Gasteiger partial charge in [-0.25, -0.2) is 0 Å². The van der Waals surface area contributed by atoms with Crippen molar-refractivity contribution >= 4 is 5.96 Å². The molecule has 0 aromatic rings. The second-order valence-corrected chi connectivity index (χ2v) is 4.28. The van der Waals surface area contributed by atoms with Gasteiger partial charge in [0, 0.05) is 18.7 Å². The van der Waals surface area contributed by atoms with Gasteiger partial charge in [-0.15, -0.1) is 0 Å². The Kier molecular flexibility index (Phi) is 2.91. The standard InChI is InChI=1S/C10H19N3O/c1-7-6-11-10(12-7)13-9-3-4-14-8(2)5-9/h7-9H,3-6H2,1-2H3,(H2,11,12,13). The zero-order chi connectivity index (χ0) is 9.97. The molecule has 4 nitrogen and oxygen atoms in total. The fourth-order valence-electron chi connectivity index (χ4n) is 1.96. The third kappa shape index (κ3) is 2.38. The lowest BCUT2D eigenvalue weighted by Gasteiger charge is -2.28. The number of hydrogen-bond donors (Lipinski definition) is 2. The fourth-order valence-corrected chi connectivity index (χ4v) is 1.96. The minimum atomic E-state index is 0.376. The van der Waals surface area contributed by atoms with Crippen molar-refractivity contribution < 1.29 is 4.74 Å². The molecule has 2 N–H and O–H groups in total. The van der Waals surface area contributed by atoms with Crippen molar-refractivity contribution in [2.75, 3.05) is 13.2 Å². The predicted octanol–water partition coefficient (Wildman–Crippen LogP) is 0.491. The normalized spacial score (nSPS) is 37.6. The Balaban J connectivity index is 1.79. The van der Waals surface area contributed by atoms with Crippen LogP contribution < -0.4 is 10.6 Å². The van der Waals surface area contributed by atoms with Crippen LogP contribution in [0.15, 0.2) is 4.99 Å². The summed E-state index contributed by atoms with van der Waals surface area (Å²) >= 11 is 0. The lowest BCUT2D eigenvalue weighted by molar-refractivity contribution is 0.0165. The van der Waals surface area contributed by atoms with E-state index in [0.29, 0.717) is 18.2 Å². The number of hydrogen-bond acceptors (Lipinski definition) is 4. The summed E-state index contributed by atoms with van der Waals surface area (Å²) in [6.07, 6.45) is 2.54. The molecule has 0 spiro atoms. The van der Waals surface area contributed by atoms with Crippen LogP contribution in [-0.4, -0.2) is 37.3 Å². The smallest absolute Gasteiger partial charge is 0.191 e. The van der Waals surface area contributed by atoms with Crippen molar-refractivity contribution in [3.8, 4) is 0 Å². The Bertz CT molecular complexity index is 229. The maximum atomic E-state index is 5.49. The van der Waals surface area contributed by atoms with E-state index >= 15 is 0 Å². The number of guanidine groups is 1. The summed E-state index contributed by atoms with van der Waals surface area (Å²) in [5, 5.41) is 6.75. The highest BCUT2D eigenvalue weighted by molar-refractivity contribution is 5.81. The molecule has 80 valence electrons. The zero-order valence-electron chi connectivity index (χ0n) is 8.92. The van der Waals surface area contributed by atoms with Crippen molar-refractivity contribution in [3.05, 3.63) is 0 Å². The number of rotatable bonds is 1. The van der Waals surface area contributed by atoms with Gasteiger partial charge in [-0.2, -0.15) is 0 Å². The van der Waals surface area contributed by atoms with Gasteiger partial charge in [-0.05, 0) is 26.7 Å². The molecule has 1 saturated heterocycles. The highest BCUT2D eigenvalue weighted by Gasteiger charge is 2.22. The van der Waals surface area contributed by atoms with E-state index in [-0.39, 0.29) is 0 Å². The highest BCUT2D eigenvalue weighted by atomic mass is 16.5. The molecule has 3 atom stereocenters. The Morgan fingerprint density at radius 1 is 1.50 bits per heavy atom. The van der Waals surface area contributed by atoms with Crippen LogP contribution in [0.3, 0.4) is 0 Å². The van der Waals surface area contributed by atoms with Crippen molar-refractivity contribution in [1.82, 2.24) is 10.6 Å². The average molecular weight is 197 g/mol. The Labute approximate surface area is 85.1 Å². The van der Waals surface area contributed by atoms with Crippen LogP contribution in [0.2, 0.25) is 0 Å². The van der Waals surface area contributed by atoms with Crippen LogP contribution in [0, 0.1) is 0 Å². The molecule has 3 unspecified atom stereocenters. The second-order valence-electron chi connectivity index (χ2n) is 4.28. The number of nitrogens with one attached hydrogen (secondary N) is 2. The van der Waals surface area contributed by atoms with Crippen LogP contribution in [-0.2, 0) is 4.74 Å². The number of nitrogens with zero attached hydrogens (tertiary/aromatic N) is 1. The van der Waals surface area contributed by atoms with E-state index in [1.54, 1.807) is 0 Å². The van der Waals surface area contributed by atoms with Crippen molar-refractivity contribution in [2.45, 2.75) is 44.9 Å². The average Bonchev–Trinajstić information content (AvgIpc) is 2.51. The molecule has 14 heavy (non-hydrogen) atoms. The lowest BCUT2D eigenvalue weighted by Crippen LogP contribution is -2.46. The fraction of sp³-hybridized carbons (Fsp3) is 0.900. The summed E-state index contributed by atoms with van der Waals surface area (Å²) in [6, 6.07) is 1.00. The topological polar surface area (TPSA) is 45.7 Å². The van der Waals surface area contributed by atoms with E-state index in [4.69, 9.17) is 4.74 Å². The number of aliphatic imine (C=N–C) groups is 1. The predicted molar refractivity (Wildman–Crippen MR) is 56.5 cm³/mol. The minimum absolute atomic E-state index is 0.376. The molecular formula is C10H19N3O. The summed E-state index contributed by atoms with van der Waals surface area (Å²) in [5.74, 6) is 0.969. The molecule has 0 amide bonds. The van der Waals surface area contributed by atoms with Gasteiger partial charge in [0.1, 0.15) is 0 Å². The Hall–Kier alpha value is -0.770. The van der Waals surface area contributed by atoms with E-state index < -0.39 is 0 Å².